The van der Waals surface area contributed by atoms with Crippen LogP contribution in [0, 0.1) is 5.92 Å². The van der Waals surface area contributed by atoms with Gasteiger partial charge in [0.15, 0.2) is 5.82 Å². The zero-order valence-electron chi connectivity index (χ0n) is 16.6. The van der Waals surface area contributed by atoms with E-state index in [9.17, 15) is 9.59 Å². The zero-order valence-corrected chi connectivity index (χ0v) is 16.6. The highest BCUT2D eigenvalue weighted by molar-refractivity contribution is 5.95. The van der Waals surface area contributed by atoms with Gasteiger partial charge in [0, 0.05) is 45.0 Å². The number of H-pyrrole nitrogens is 1. The Balaban J connectivity index is 1.42. The number of imidazole rings is 1. The normalized spacial score (nSPS) is 14.8. The van der Waals surface area contributed by atoms with Crippen LogP contribution < -0.4 is 5.32 Å². The van der Waals surface area contributed by atoms with E-state index in [1.54, 1.807) is 30.1 Å². The Morgan fingerprint density at radius 2 is 1.97 bits per heavy atom. The van der Waals surface area contributed by atoms with E-state index in [1.807, 2.05) is 36.4 Å². The number of rotatable bonds is 3. The molecule has 3 amide bonds. The quantitative estimate of drug-likeness (QED) is 0.716. The highest BCUT2D eigenvalue weighted by Crippen LogP contribution is 2.24. The number of urea groups is 1. The highest BCUT2D eigenvalue weighted by atomic mass is 16.2. The van der Waals surface area contributed by atoms with Crippen LogP contribution in [0.2, 0.25) is 0 Å². The van der Waals surface area contributed by atoms with E-state index < -0.39 is 0 Å². The largest absolute Gasteiger partial charge is 0.337 e. The molecule has 1 saturated heterocycles. The van der Waals surface area contributed by atoms with Crippen LogP contribution in [0.4, 0.5) is 10.5 Å². The van der Waals surface area contributed by atoms with Crippen molar-refractivity contribution in [2.75, 3.05) is 32.5 Å². The summed E-state index contributed by atoms with van der Waals surface area (Å²) in [5.41, 5.74) is 3.16. The van der Waals surface area contributed by atoms with E-state index in [4.69, 9.17) is 0 Å². The molecule has 0 aliphatic carbocycles. The second-order valence-corrected chi connectivity index (χ2v) is 7.46. The number of piperidine rings is 1. The van der Waals surface area contributed by atoms with E-state index in [2.05, 4.69) is 20.3 Å². The van der Waals surface area contributed by atoms with Gasteiger partial charge in [-0.15, -0.1) is 0 Å². The number of benzene rings is 1. The molecule has 150 valence electrons. The van der Waals surface area contributed by atoms with E-state index in [1.165, 1.54) is 0 Å². The number of aromatic amines is 1. The van der Waals surface area contributed by atoms with Crippen molar-refractivity contribution in [2.24, 2.45) is 5.92 Å². The maximum absolute atomic E-state index is 12.7. The van der Waals surface area contributed by atoms with Gasteiger partial charge in [0.1, 0.15) is 5.69 Å². The third-order valence-electron chi connectivity index (χ3n) is 5.18. The van der Waals surface area contributed by atoms with Gasteiger partial charge in [-0.05, 0) is 43.2 Å². The Bertz CT molecular complexity index is 1020. The Morgan fingerprint density at radius 1 is 1.17 bits per heavy atom. The standard InChI is InChI=1S/C21H24N6O2/c1-26(2)21(29)27-11-8-14(9-12-27)20(28)23-15-6-7-16-18(13-15)25-19(24-16)17-5-3-4-10-22-17/h3-7,10,13-14H,8-9,11-12H2,1-2H3,(H,23,28)(H,24,25). The fourth-order valence-corrected chi connectivity index (χ4v) is 3.57. The van der Waals surface area contributed by atoms with Gasteiger partial charge in [-0.25, -0.2) is 9.78 Å². The first-order valence-corrected chi connectivity index (χ1v) is 9.69. The molecule has 2 N–H and O–H groups in total. The number of nitrogens with zero attached hydrogens (tertiary/aromatic N) is 4. The number of likely N-dealkylation sites (tertiary alicyclic amines) is 1. The molecule has 29 heavy (non-hydrogen) atoms. The van der Waals surface area contributed by atoms with Gasteiger partial charge < -0.3 is 20.1 Å². The molecular weight excluding hydrogens is 368 g/mol. The lowest BCUT2D eigenvalue weighted by Crippen LogP contribution is -2.45. The molecule has 0 spiro atoms. The summed E-state index contributed by atoms with van der Waals surface area (Å²) >= 11 is 0. The molecule has 8 heteroatoms. The van der Waals surface area contributed by atoms with E-state index in [0.29, 0.717) is 31.8 Å². The van der Waals surface area contributed by atoms with Crippen LogP contribution in [-0.2, 0) is 4.79 Å². The average Bonchev–Trinajstić information content (AvgIpc) is 3.17. The van der Waals surface area contributed by atoms with Crippen LogP contribution in [0.3, 0.4) is 0 Å². The summed E-state index contributed by atoms with van der Waals surface area (Å²) < 4.78 is 0. The molecule has 1 aliphatic rings. The van der Waals surface area contributed by atoms with Crippen LogP contribution in [0.5, 0.6) is 0 Å². The molecule has 3 aromatic rings. The summed E-state index contributed by atoms with van der Waals surface area (Å²) in [7, 11) is 3.48. The summed E-state index contributed by atoms with van der Waals surface area (Å²) in [5, 5.41) is 3.00. The zero-order chi connectivity index (χ0) is 20.4. The van der Waals surface area contributed by atoms with Crippen molar-refractivity contribution in [1.29, 1.82) is 0 Å². The number of anilines is 1. The topological polar surface area (TPSA) is 94.2 Å². The summed E-state index contributed by atoms with van der Waals surface area (Å²) in [6.07, 6.45) is 3.06. The summed E-state index contributed by atoms with van der Waals surface area (Å²) in [4.78, 5) is 40.2. The third kappa shape index (κ3) is 4.06. The lowest BCUT2D eigenvalue weighted by atomic mass is 9.96. The van der Waals surface area contributed by atoms with Crippen molar-refractivity contribution in [2.45, 2.75) is 12.8 Å². The molecule has 0 unspecified atom stereocenters. The first-order valence-electron chi connectivity index (χ1n) is 9.69. The monoisotopic (exact) mass is 392 g/mol. The molecule has 2 aromatic heterocycles. The number of amides is 3. The highest BCUT2D eigenvalue weighted by Gasteiger charge is 2.28. The van der Waals surface area contributed by atoms with Gasteiger partial charge in [0.25, 0.3) is 0 Å². The molecular formula is C21H24N6O2. The van der Waals surface area contributed by atoms with Gasteiger partial charge in [-0.2, -0.15) is 0 Å². The Labute approximate surface area is 168 Å². The van der Waals surface area contributed by atoms with Crippen molar-refractivity contribution in [1.82, 2.24) is 24.8 Å². The average molecular weight is 392 g/mol. The van der Waals surface area contributed by atoms with Crippen molar-refractivity contribution in [3.8, 4) is 11.5 Å². The van der Waals surface area contributed by atoms with Gasteiger partial charge >= 0.3 is 6.03 Å². The Kier molecular flexibility index (Phi) is 5.16. The Morgan fingerprint density at radius 3 is 2.66 bits per heavy atom. The van der Waals surface area contributed by atoms with Crippen LogP contribution in [0.15, 0.2) is 42.6 Å². The number of aromatic nitrogens is 3. The van der Waals surface area contributed by atoms with Crippen LogP contribution in [0.1, 0.15) is 12.8 Å². The van der Waals surface area contributed by atoms with Crippen molar-refractivity contribution in [3.63, 3.8) is 0 Å². The first kappa shape index (κ1) is 18.9. The minimum atomic E-state index is -0.0947. The minimum Gasteiger partial charge on any atom is -0.337 e. The predicted octanol–water partition coefficient (Wildman–Crippen LogP) is 2.96. The Hall–Kier alpha value is -3.42. The van der Waals surface area contributed by atoms with Gasteiger partial charge in [-0.1, -0.05) is 6.07 Å². The smallest absolute Gasteiger partial charge is 0.319 e. The number of nitrogens with one attached hydrogen (secondary N) is 2. The summed E-state index contributed by atoms with van der Waals surface area (Å²) in [6.45, 7) is 1.20. The van der Waals surface area contributed by atoms with Gasteiger partial charge in [0.05, 0.1) is 11.0 Å². The summed E-state index contributed by atoms with van der Waals surface area (Å²) in [6, 6.07) is 11.3. The number of hydrogen-bond acceptors (Lipinski definition) is 4. The minimum absolute atomic E-state index is 0.00253. The number of carbonyl (C=O) groups excluding carboxylic acids is 2. The van der Waals surface area contributed by atoms with E-state index in [0.717, 1.165) is 22.4 Å². The third-order valence-corrected chi connectivity index (χ3v) is 5.18. The number of pyridine rings is 1. The second-order valence-electron chi connectivity index (χ2n) is 7.46. The predicted molar refractivity (Wildman–Crippen MR) is 111 cm³/mol. The van der Waals surface area contributed by atoms with Gasteiger partial charge in [-0.3, -0.25) is 9.78 Å². The number of carbonyl (C=O) groups is 2. The molecule has 1 aromatic carbocycles. The van der Waals surface area contributed by atoms with Crippen molar-refractivity contribution < 1.29 is 9.59 Å². The van der Waals surface area contributed by atoms with Crippen LogP contribution >= 0.6 is 0 Å². The molecule has 0 atom stereocenters. The molecule has 0 radical (unpaired) electrons. The summed E-state index contributed by atoms with van der Waals surface area (Å²) in [5.74, 6) is 0.593. The van der Waals surface area contributed by atoms with Gasteiger partial charge in [0.2, 0.25) is 5.91 Å². The number of fused-ring (bicyclic) bond motifs is 1. The fraction of sp³-hybridized carbons (Fsp3) is 0.333. The maximum atomic E-state index is 12.7. The molecule has 1 aliphatic heterocycles. The van der Waals surface area contributed by atoms with Crippen LogP contribution in [-0.4, -0.2) is 63.9 Å². The van der Waals surface area contributed by atoms with Crippen LogP contribution in [0.25, 0.3) is 22.6 Å². The molecule has 1 fully saturated rings. The lowest BCUT2D eigenvalue weighted by Gasteiger charge is -2.33. The molecule has 8 nitrogen and oxygen atoms in total. The molecule has 4 rings (SSSR count). The SMILES string of the molecule is CN(C)C(=O)N1CCC(C(=O)Nc2ccc3nc(-c4ccccn4)[nH]c3c2)CC1. The molecule has 0 bridgehead atoms. The maximum Gasteiger partial charge on any atom is 0.319 e. The van der Waals surface area contributed by atoms with Crippen molar-refractivity contribution >= 4 is 28.7 Å². The van der Waals surface area contributed by atoms with E-state index >= 15 is 0 Å². The molecule has 3 heterocycles. The van der Waals surface area contributed by atoms with Crippen molar-refractivity contribution in [3.05, 3.63) is 42.6 Å². The first-order chi connectivity index (χ1) is 14.0. The molecule has 0 saturated carbocycles. The lowest BCUT2D eigenvalue weighted by molar-refractivity contribution is -0.121. The second kappa shape index (κ2) is 7.90. The van der Waals surface area contributed by atoms with E-state index in [-0.39, 0.29) is 17.9 Å². The fourth-order valence-electron chi connectivity index (χ4n) is 3.57. The number of hydrogen-bond donors (Lipinski definition) is 2.